The Morgan fingerprint density at radius 3 is 2.80 bits per heavy atom. The molecule has 0 saturated carbocycles. The first-order chi connectivity index (χ1) is 7.27. The number of unbranched alkanes of at least 4 members (excludes halogenated alkanes) is 1. The lowest BCUT2D eigenvalue weighted by Crippen LogP contribution is -1.99. The normalized spacial score (nSPS) is 10.3. The van der Waals surface area contributed by atoms with Crippen molar-refractivity contribution in [2.75, 3.05) is 13.2 Å². The predicted octanol–water partition coefficient (Wildman–Crippen LogP) is 2.07. The van der Waals surface area contributed by atoms with E-state index in [1.807, 2.05) is 19.1 Å². The van der Waals surface area contributed by atoms with Gasteiger partial charge in [0.15, 0.2) is 11.5 Å². The largest absolute Gasteiger partial charge is 0.504 e. The molecule has 0 aromatic heterocycles. The maximum absolute atomic E-state index is 9.49. The highest BCUT2D eigenvalue weighted by molar-refractivity contribution is 5.41. The highest BCUT2D eigenvalue weighted by Crippen LogP contribution is 2.27. The van der Waals surface area contributed by atoms with Crippen LogP contribution in [0, 0.1) is 0 Å². The molecule has 0 saturated heterocycles. The molecule has 3 N–H and O–H groups in total. The number of nitrogens with two attached hydrogens (primary N) is 1. The highest BCUT2D eigenvalue weighted by Gasteiger charge is 2.02. The molecule has 15 heavy (non-hydrogen) atoms. The van der Waals surface area contributed by atoms with E-state index >= 15 is 0 Å². The summed E-state index contributed by atoms with van der Waals surface area (Å²) in [4.78, 5) is 0. The number of hydrogen-bond acceptors (Lipinski definition) is 3. The van der Waals surface area contributed by atoms with Crippen LogP contribution in [0.4, 0.5) is 0 Å². The first-order valence-electron chi connectivity index (χ1n) is 5.42. The number of aromatic hydroxyl groups is 1. The second kappa shape index (κ2) is 6.30. The molecule has 1 aromatic carbocycles. The van der Waals surface area contributed by atoms with Crippen LogP contribution in [0.25, 0.3) is 0 Å². The van der Waals surface area contributed by atoms with Crippen molar-refractivity contribution in [2.24, 2.45) is 5.73 Å². The van der Waals surface area contributed by atoms with Crippen LogP contribution >= 0.6 is 0 Å². The summed E-state index contributed by atoms with van der Waals surface area (Å²) in [6.45, 7) is 3.21. The van der Waals surface area contributed by atoms with Gasteiger partial charge in [-0.1, -0.05) is 6.07 Å². The summed E-state index contributed by atoms with van der Waals surface area (Å²) in [5.74, 6) is 0.780. The molecule has 0 atom stereocenters. The Balaban J connectivity index is 2.61. The van der Waals surface area contributed by atoms with Crippen LogP contribution in [0.1, 0.15) is 25.3 Å². The van der Waals surface area contributed by atoms with E-state index in [9.17, 15) is 5.11 Å². The van der Waals surface area contributed by atoms with Gasteiger partial charge in [0.2, 0.25) is 0 Å². The summed E-state index contributed by atoms with van der Waals surface area (Å²) in [5, 5.41) is 9.49. The molecule has 0 amide bonds. The molecule has 0 aliphatic heterocycles. The van der Waals surface area contributed by atoms with Gasteiger partial charge in [0.1, 0.15) is 0 Å². The maximum atomic E-state index is 9.49. The zero-order valence-electron chi connectivity index (χ0n) is 9.20. The van der Waals surface area contributed by atoms with E-state index in [1.54, 1.807) is 6.07 Å². The highest BCUT2D eigenvalue weighted by atomic mass is 16.5. The molecule has 0 unspecified atom stereocenters. The number of aryl methyl sites for hydroxylation is 1. The molecule has 3 heteroatoms. The minimum absolute atomic E-state index is 0.208. The first kappa shape index (κ1) is 11.9. The van der Waals surface area contributed by atoms with Crippen molar-refractivity contribution in [1.82, 2.24) is 0 Å². The Hall–Kier alpha value is -1.22. The number of rotatable bonds is 6. The zero-order chi connectivity index (χ0) is 11.1. The van der Waals surface area contributed by atoms with E-state index in [1.165, 1.54) is 5.56 Å². The zero-order valence-corrected chi connectivity index (χ0v) is 9.20. The van der Waals surface area contributed by atoms with Gasteiger partial charge in [0.25, 0.3) is 0 Å². The van der Waals surface area contributed by atoms with Gasteiger partial charge in [-0.3, -0.25) is 0 Å². The molecule has 0 aliphatic carbocycles. The minimum atomic E-state index is 0.208. The summed E-state index contributed by atoms with van der Waals surface area (Å²) in [7, 11) is 0. The van der Waals surface area contributed by atoms with Gasteiger partial charge >= 0.3 is 0 Å². The summed E-state index contributed by atoms with van der Waals surface area (Å²) in [6, 6.07) is 5.51. The third-order valence-electron chi connectivity index (χ3n) is 2.24. The van der Waals surface area contributed by atoms with Crippen LogP contribution in [-0.4, -0.2) is 18.3 Å². The quantitative estimate of drug-likeness (QED) is 0.705. The van der Waals surface area contributed by atoms with Crippen LogP contribution in [0.5, 0.6) is 11.5 Å². The third-order valence-corrected chi connectivity index (χ3v) is 2.24. The lowest BCUT2D eigenvalue weighted by molar-refractivity contribution is 0.317. The molecule has 1 aromatic rings. The number of benzene rings is 1. The molecule has 0 bridgehead atoms. The summed E-state index contributed by atoms with van der Waals surface area (Å²) >= 11 is 0. The summed E-state index contributed by atoms with van der Waals surface area (Å²) in [6.07, 6.45) is 3.09. The Bertz CT molecular complexity index is 300. The monoisotopic (exact) mass is 209 g/mol. The van der Waals surface area contributed by atoms with E-state index in [0.717, 1.165) is 25.8 Å². The summed E-state index contributed by atoms with van der Waals surface area (Å²) < 4.78 is 5.31. The average molecular weight is 209 g/mol. The molecule has 3 nitrogen and oxygen atoms in total. The van der Waals surface area contributed by atoms with E-state index in [2.05, 4.69) is 0 Å². The molecule has 0 fully saturated rings. The van der Waals surface area contributed by atoms with Crippen LogP contribution in [0.3, 0.4) is 0 Å². The third kappa shape index (κ3) is 3.80. The fraction of sp³-hybridized carbons (Fsp3) is 0.500. The lowest BCUT2D eigenvalue weighted by atomic mass is 10.1. The SMILES string of the molecule is CCOc1cc(CCCCN)ccc1O. The molecule has 0 heterocycles. The fourth-order valence-corrected chi connectivity index (χ4v) is 1.46. The smallest absolute Gasteiger partial charge is 0.161 e. The Labute approximate surface area is 90.9 Å². The maximum Gasteiger partial charge on any atom is 0.161 e. The molecular formula is C12H19NO2. The second-order valence-corrected chi connectivity index (χ2v) is 3.48. The number of phenolic OH excluding ortho intramolecular Hbond substituents is 1. The molecule has 84 valence electrons. The number of phenols is 1. The van der Waals surface area contributed by atoms with Crippen molar-refractivity contribution in [3.05, 3.63) is 23.8 Å². The molecule has 1 rings (SSSR count). The van der Waals surface area contributed by atoms with E-state index in [-0.39, 0.29) is 5.75 Å². The van der Waals surface area contributed by atoms with Crippen LogP contribution in [0.15, 0.2) is 18.2 Å². The van der Waals surface area contributed by atoms with Gasteiger partial charge < -0.3 is 15.6 Å². The molecule has 0 aliphatic rings. The van der Waals surface area contributed by atoms with Gasteiger partial charge in [-0.15, -0.1) is 0 Å². The number of ether oxygens (including phenoxy) is 1. The van der Waals surface area contributed by atoms with Gasteiger partial charge in [-0.25, -0.2) is 0 Å². The van der Waals surface area contributed by atoms with Crippen molar-refractivity contribution in [3.8, 4) is 11.5 Å². The lowest BCUT2D eigenvalue weighted by Gasteiger charge is -2.08. The van der Waals surface area contributed by atoms with Gasteiger partial charge in [-0.05, 0) is 50.4 Å². The van der Waals surface area contributed by atoms with Crippen molar-refractivity contribution in [2.45, 2.75) is 26.2 Å². The Morgan fingerprint density at radius 2 is 2.13 bits per heavy atom. The van der Waals surface area contributed by atoms with Gasteiger partial charge in [0.05, 0.1) is 6.61 Å². The van der Waals surface area contributed by atoms with Gasteiger partial charge in [-0.2, -0.15) is 0 Å². The van der Waals surface area contributed by atoms with Crippen LogP contribution in [-0.2, 0) is 6.42 Å². The van der Waals surface area contributed by atoms with E-state index in [0.29, 0.717) is 12.4 Å². The number of hydrogen-bond donors (Lipinski definition) is 2. The van der Waals surface area contributed by atoms with Gasteiger partial charge in [0, 0.05) is 0 Å². The van der Waals surface area contributed by atoms with Crippen LogP contribution in [0.2, 0.25) is 0 Å². The summed E-state index contributed by atoms with van der Waals surface area (Å²) in [5.41, 5.74) is 6.61. The van der Waals surface area contributed by atoms with Crippen molar-refractivity contribution < 1.29 is 9.84 Å². The molecular weight excluding hydrogens is 190 g/mol. The predicted molar refractivity (Wildman–Crippen MR) is 61.3 cm³/mol. The van der Waals surface area contributed by atoms with Crippen LogP contribution < -0.4 is 10.5 Å². The Morgan fingerprint density at radius 1 is 1.33 bits per heavy atom. The van der Waals surface area contributed by atoms with E-state index < -0.39 is 0 Å². The standard InChI is InChI=1S/C12H19NO2/c1-2-15-12-9-10(5-3-4-8-13)6-7-11(12)14/h6-7,9,14H,2-5,8,13H2,1H3. The Kier molecular flexibility index (Phi) is 4.98. The minimum Gasteiger partial charge on any atom is -0.504 e. The molecule has 0 spiro atoms. The fourth-order valence-electron chi connectivity index (χ4n) is 1.46. The van der Waals surface area contributed by atoms with E-state index in [4.69, 9.17) is 10.5 Å². The molecule has 0 radical (unpaired) electrons. The van der Waals surface area contributed by atoms with Crippen molar-refractivity contribution >= 4 is 0 Å². The topological polar surface area (TPSA) is 55.5 Å². The average Bonchev–Trinajstić information content (AvgIpc) is 2.23. The second-order valence-electron chi connectivity index (χ2n) is 3.48. The van der Waals surface area contributed by atoms with Crippen molar-refractivity contribution in [1.29, 1.82) is 0 Å². The van der Waals surface area contributed by atoms with Crippen molar-refractivity contribution in [3.63, 3.8) is 0 Å². The first-order valence-corrected chi connectivity index (χ1v) is 5.42.